The summed E-state index contributed by atoms with van der Waals surface area (Å²) in [5, 5.41) is 1.81. The van der Waals surface area contributed by atoms with Gasteiger partial charge in [-0.3, -0.25) is 4.79 Å². The molecule has 0 atom stereocenters. The number of halogens is 1. The minimum atomic E-state index is -0.519. The maximum atomic E-state index is 10.9. The second-order valence-electron chi connectivity index (χ2n) is 5.47. The minimum absolute atomic E-state index is 0.416. The van der Waals surface area contributed by atoms with Gasteiger partial charge in [0.25, 0.3) is 0 Å². The summed E-state index contributed by atoms with van der Waals surface area (Å²) in [5.41, 5.74) is 1.90. The van der Waals surface area contributed by atoms with Crippen molar-refractivity contribution in [2.24, 2.45) is 0 Å². The number of hydrogen-bond acceptors (Lipinski definition) is 3. The third kappa shape index (κ3) is 4.20. The van der Waals surface area contributed by atoms with Crippen LogP contribution in [0.4, 0.5) is 0 Å². The van der Waals surface area contributed by atoms with Gasteiger partial charge in [-0.05, 0) is 51.7 Å². The highest BCUT2D eigenvalue weighted by molar-refractivity contribution is 6.66. The van der Waals surface area contributed by atoms with Gasteiger partial charge in [0.1, 0.15) is 6.61 Å². The van der Waals surface area contributed by atoms with Gasteiger partial charge in [-0.25, -0.2) is 0 Å². The minimum Gasteiger partial charge on any atom is -0.493 e. The first-order chi connectivity index (χ1) is 12.2. The summed E-state index contributed by atoms with van der Waals surface area (Å²) in [5.74, 6) is 1.24. The zero-order chi connectivity index (χ0) is 17.6. The monoisotopic (exact) mass is 352 g/mol. The van der Waals surface area contributed by atoms with Crippen LogP contribution >= 0.6 is 11.6 Å². The molecule has 3 aromatic carbocycles. The molecule has 0 unspecified atom stereocenters. The first-order valence-corrected chi connectivity index (χ1v) is 8.20. The summed E-state index contributed by atoms with van der Waals surface area (Å²) in [6.45, 7) is 0.416. The Labute approximate surface area is 151 Å². The zero-order valence-electron chi connectivity index (χ0n) is 13.7. The molecule has 0 radical (unpaired) electrons. The topological polar surface area (TPSA) is 35.5 Å². The van der Waals surface area contributed by atoms with E-state index in [-0.39, 0.29) is 0 Å². The predicted octanol–water partition coefficient (Wildman–Crippen LogP) is 5.21. The molecule has 0 aliphatic carbocycles. The van der Waals surface area contributed by atoms with Gasteiger partial charge >= 0.3 is 0 Å². The molecule has 3 rings (SSSR count). The van der Waals surface area contributed by atoms with E-state index in [0.717, 1.165) is 16.5 Å². The van der Waals surface area contributed by atoms with Crippen molar-refractivity contribution in [3.8, 4) is 11.5 Å². The number of methoxy groups -OCH3 is 1. The number of carbonyl (C=O) groups excluding carboxylic acids is 1. The highest BCUT2D eigenvalue weighted by Gasteiger charge is 2.07. The van der Waals surface area contributed by atoms with Crippen LogP contribution in [-0.2, 0) is 11.4 Å². The van der Waals surface area contributed by atoms with Gasteiger partial charge in [-0.1, -0.05) is 54.6 Å². The highest BCUT2D eigenvalue weighted by Crippen LogP contribution is 2.30. The van der Waals surface area contributed by atoms with E-state index in [2.05, 4.69) is 18.2 Å². The Morgan fingerprint density at radius 3 is 2.64 bits per heavy atom. The van der Waals surface area contributed by atoms with E-state index < -0.39 is 5.24 Å². The quantitative estimate of drug-likeness (QED) is 0.451. The van der Waals surface area contributed by atoms with Crippen LogP contribution < -0.4 is 9.47 Å². The third-order valence-electron chi connectivity index (χ3n) is 3.86. The van der Waals surface area contributed by atoms with E-state index in [1.54, 1.807) is 19.3 Å². The van der Waals surface area contributed by atoms with E-state index in [4.69, 9.17) is 21.1 Å². The molecule has 0 saturated carbocycles. The summed E-state index contributed by atoms with van der Waals surface area (Å²) in [4.78, 5) is 10.9. The molecule has 0 bridgehead atoms. The van der Waals surface area contributed by atoms with Crippen molar-refractivity contribution >= 4 is 33.7 Å². The van der Waals surface area contributed by atoms with Gasteiger partial charge < -0.3 is 9.47 Å². The fraction of sp³-hybridized carbons (Fsp3) is 0.0952. The fourth-order valence-corrected chi connectivity index (χ4v) is 2.71. The molecule has 3 aromatic rings. The van der Waals surface area contributed by atoms with Crippen molar-refractivity contribution in [3.63, 3.8) is 0 Å². The molecule has 0 aliphatic heterocycles. The second-order valence-corrected chi connectivity index (χ2v) is 5.85. The lowest BCUT2D eigenvalue weighted by Crippen LogP contribution is -1.99. The third-order valence-corrected chi connectivity index (χ3v) is 3.98. The number of rotatable bonds is 6. The SMILES string of the molecule is COc1ccc(/C=C/C(=O)Cl)cc1OCc1cccc2ccccc12. The average molecular weight is 353 g/mol. The Kier molecular flexibility index (Phi) is 5.36. The van der Waals surface area contributed by atoms with Crippen LogP contribution in [0.1, 0.15) is 11.1 Å². The first-order valence-electron chi connectivity index (χ1n) is 7.82. The lowest BCUT2D eigenvalue weighted by atomic mass is 10.1. The number of benzene rings is 3. The fourth-order valence-electron chi connectivity index (χ4n) is 2.65. The molecule has 126 valence electrons. The Bertz CT molecular complexity index is 926. The maximum Gasteiger partial charge on any atom is 0.245 e. The summed E-state index contributed by atoms with van der Waals surface area (Å²) < 4.78 is 11.4. The van der Waals surface area contributed by atoms with Gasteiger partial charge in [0.15, 0.2) is 11.5 Å². The van der Waals surface area contributed by atoms with Crippen molar-refractivity contribution in [2.75, 3.05) is 7.11 Å². The van der Waals surface area contributed by atoms with E-state index in [1.807, 2.05) is 36.4 Å². The zero-order valence-corrected chi connectivity index (χ0v) is 14.5. The summed E-state index contributed by atoms with van der Waals surface area (Å²) >= 11 is 5.34. The Morgan fingerprint density at radius 1 is 1.04 bits per heavy atom. The van der Waals surface area contributed by atoms with Crippen LogP contribution in [0.2, 0.25) is 0 Å². The number of ether oxygens (including phenoxy) is 2. The van der Waals surface area contributed by atoms with Crippen molar-refractivity contribution in [3.05, 3.63) is 77.9 Å². The summed E-state index contributed by atoms with van der Waals surface area (Å²) in [6, 6.07) is 19.8. The van der Waals surface area contributed by atoms with Crippen LogP contribution in [0.25, 0.3) is 16.8 Å². The largest absolute Gasteiger partial charge is 0.493 e. The van der Waals surface area contributed by atoms with Gasteiger partial charge in [0, 0.05) is 0 Å². The van der Waals surface area contributed by atoms with Crippen molar-refractivity contribution < 1.29 is 14.3 Å². The average Bonchev–Trinajstić information content (AvgIpc) is 2.64. The van der Waals surface area contributed by atoms with Crippen LogP contribution in [0.5, 0.6) is 11.5 Å². The number of hydrogen-bond donors (Lipinski definition) is 0. The highest BCUT2D eigenvalue weighted by atomic mass is 35.5. The van der Waals surface area contributed by atoms with E-state index in [1.165, 1.54) is 11.5 Å². The molecule has 0 amide bonds. The molecule has 0 heterocycles. The molecule has 0 N–H and O–H groups in total. The molecule has 0 fully saturated rings. The lowest BCUT2D eigenvalue weighted by molar-refractivity contribution is -0.107. The number of allylic oxidation sites excluding steroid dienone is 1. The van der Waals surface area contributed by atoms with Gasteiger partial charge in [0.05, 0.1) is 7.11 Å². The molecule has 0 spiro atoms. The molecule has 0 saturated heterocycles. The molecule has 0 aliphatic rings. The standard InChI is InChI=1S/C21H17ClO3/c1-24-19-11-9-15(10-12-21(22)23)13-20(19)25-14-17-7-4-6-16-5-2-3-8-18(16)17/h2-13H,14H2,1H3/b12-10+. The van der Waals surface area contributed by atoms with Crippen LogP contribution in [-0.4, -0.2) is 12.4 Å². The molecular weight excluding hydrogens is 336 g/mol. The normalized spacial score (nSPS) is 11.0. The van der Waals surface area contributed by atoms with Crippen molar-refractivity contribution in [2.45, 2.75) is 6.61 Å². The van der Waals surface area contributed by atoms with Crippen molar-refractivity contribution in [1.82, 2.24) is 0 Å². The van der Waals surface area contributed by atoms with Crippen LogP contribution in [0.15, 0.2) is 66.7 Å². The van der Waals surface area contributed by atoms with E-state index in [9.17, 15) is 4.79 Å². The summed E-state index contributed by atoms with van der Waals surface area (Å²) in [7, 11) is 1.60. The molecule has 3 nitrogen and oxygen atoms in total. The first kappa shape index (κ1) is 17.1. The van der Waals surface area contributed by atoms with Gasteiger partial charge in [-0.2, -0.15) is 0 Å². The lowest BCUT2D eigenvalue weighted by Gasteiger charge is -2.13. The number of fused-ring (bicyclic) bond motifs is 1. The molecular formula is C21H17ClO3. The summed E-state index contributed by atoms with van der Waals surface area (Å²) in [6.07, 6.45) is 2.94. The second kappa shape index (κ2) is 7.86. The number of carbonyl (C=O) groups is 1. The van der Waals surface area contributed by atoms with Gasteiger partial charge in [-0.15, -0.1) is 0 Å². The van der Waals surface area contributed by atoms with Crippen LogP contribution in [0, 0.1) is 0 Å². The van der Waals surface area contributed by atoms with Crippen molar-refractivity contribution in [1.29, 1.82) is 0 Å². The van der Waals surface area contributed by atoms with Crippen LogP contribution in [0.3, 0.4) is 0 Å². The van der Waals surface area contributed by atoms with Gasteiger partial charge in [0.2, 0.25) is 5.24 Å². The predicted molar refractivity (Wildman–Crippen MR) is 101 cm³/mol. The molecule has 4 heteroatoms. The smallest absolute Gasteiger partial charge is 0.245 e. The maximum absolute atomic E-state index is 10.9. The molecule has 25 heavy (non-hydrogen) atoms. The molecule has 0 aromatic heterocycles. The van der Waals surface area contributed by atoms with E-state index >= 15 is 0 Å². The Hall–Kier alpha value is -2.78. The van der Waals surface area contributed by atoms with E-state index in [0.29, 0.717) is 18.1 Å². The Morgan fingerprint density at radius 2 is 1.84 bits per heavy atom. The Balaban J connectivity index is 1.86.